The monoisotopic (exact) mass is 281 g/mol. The Labute approximate surface area is 127 Å². The Hall–Kier alpha value is -2.21. The van der Waals surface area contributed by atoms with Gasteiger partial charge in [0.1, 0.15) is 0 Å². The summed E-state index contributed by atoms with van der Waals surface area (Å²) in [6.45, 7) is 12.2. The van der Waals surface area contributed by atoms with Gasteiger partial charge in [-0.15, -0.1) is 0 Å². The summed E-state index contributed by atoms with van der Waals surface area (Å²) in [4.78, 5) is 0. The van der Waals surface area contributed by atoms with E-state index in [1.807, 2.05) is 45.0 Å². The largest absolute Gasteiger partial charge is 0.192 e. The quantitative estimate of drug-likeness (QED) is 0.817. The fourth-order valence-corrected chi connectivity index (χ4v) is 2.19. The van der Waals surface area contributed by atoms with Crippen LogP contribution >= 0.6 is 0 Å². The minimum Gasteiger partial charge on any atom is -0.192 e. The van der Waals surface area contributed by atoms with Crippen LogP contribution in [0.4, 0.5) is 0 Å². The number of nitrogens with zero attached hydrogens (tertiary/aromatic N) is 3. The molecule has 0 saturated heterocycles. The lowest BCUT2D eigenvalue weighted by molar-refractivity contribution is 0.790. The summed E-state index contributed by atoms with van der Waals surface area (Å²) in [6.07, 6.45) is 0. The molecule has 1 atom stereocenters. The molecule has 3 nitrogen and oxygen atoms in total. The van der Waals surface area contributed by atoms with Crippen LogP contribution in [0.1, 0.15) is 60.3 Å². The molecular weight excluding hydrogens is 258 g/mol. The van der Waals surface area contributed by atoms with Crippen molar-refractivity contribution in [3.05, 3.63) is 57.9 Å². The van der Waals surface area contributed by atoms with E-state index in [9.17, 15) is 0 Å². The third-order valence-corrected chi connectivity index (χ3v) is 3.72. The normalized spacial score (nSPS) is 11.1. The standard InChI is InChI=1S/C16H17N3.C2H6/c1-10-11(2)16(19-18-13(10)4)12(3)15-7-5-6-14(8-15)9-17;1-2/h5-8,12H,1-4H3;1-2H3. The minimum absolute atomic E-state index is 0.139. The average Bonchev–Trinajstić information content (AvgIpc) is 2.54. The smallest absolute Gasteiger partial charge is 0.0991 e. The summed E-state index contributed by atoms with van der Waals surface area (Å²) in [5.41, 5.74) is 6.10. The Kier molecular flexibility index (Phi) is 6.05. The predicted molar refractivity (Wildman–Crippen MR) is 86.3 cm³/mol. The van der Waals surface area contributed by atoms with Gasteiger partial charge in [-0.2, -0.15) is 15.5 Å². The van der Waals surface area contributed by atoms with E-state index in [1.165, 1.54) is 11.1 Å². The highest BCUT2D eigenvalue weighted by Crippen LogP contribution is 2.27. The van der Waals surface area contributed by atoms with Gasteiger partial charge in [-0.3, -0.25) is 0 Å². The van der Waals surface area contributed by atoms with Crippen LogP contribution in [-0.2, 0) is 0 Å². The van der Waals surface area contributed by atoms with Crippen molar-refractivity contribution in [1.29, 1.82) is 5.26 Å². The number of aryl methyl sites for hydroxylation is 1. The fourth-order valence-electron chi connectivity index (χ4n) is 2.19. The summed E-state index contributed by atoms with van der Waals surface area (Å²) in [7, 11) is 0. The third kappa shape index (κ3) is 3.66. The molecule has 0 radical (unpaired) electrons. The lowest BCUT2D eigenvalue weighted by atomic mass is 9.92. The minimum atomic E-state index is 0.139. The van der Waals surface area contributed by atoms with Gasteiger partial charge in [0.05, 0.1) is 23.0 Å². The lowest BCUT2D eigenvalue weighted by Crippen LogP contribution is -2.07. The molecule has 0 aliphatic rings. The van der Waals surface area contributed by atoms with E-state index in [2.05, 4.69) is 37.0 Å². The van der Waals surface area contributed by atoms with Crippen LogP contribution in [0, 0.1) is 32.1 Å². The summed E-state index contributed by atoms with van der Waals surface area (Å²) in [5.74, 6) is 0.139. The molecule has 1 unspecified atom stereocenters. The van der Waals surface area contributed by atoms with Gasteiger partial charge in [-0.05, 0) is 49.6 Å². The van der Waals surface area contributed by atoms with Crippen LogP contribution in [-0.4, -0.2) is 10.2 Å². The molecule has 0 N–H and O–H groups in total. The molecule has 0 aliphatic carbocycles. The number of aromatic nitrogens is 2. The summed E-state index contributed by atoms with van der Waals surface area (Å²) < 4.78 is 0. The first-order valence-electron chi connectivity index (χ1n) is 7.35. The number of hydrogen-bond acceptors (Lipinski definition) is 3. The van der Waals surface area contributed by atoms with Crippen molar-refractivity contribution in [3.63, 3.8) is 0 Å². The number of hydrogen-bond donors (Lipinski definition) is 0. The first-order valence-corrected chi connectivity index (χ1v) is 7.35. The van der Waals surface area contributed by atoms with Gasteiger partial charge in [0, 0.05) is 5.92 Å². The Morgan fingerprint density at radius 1 is 1.05 bits per heavy atom. The highest BCUT2D eigenvalue weighted by atomic mass is 15.1. The van der Waals surface area contributed by atoms with E-state index in [4.69, 9.17) is 5.26 Å². The van der Waals surface area contributed by atoms with Crippen molar-refractivity contribution in [3.8, 4) is 6.07 Å². The molecule has 1 heterocycles. The average molecular weight is 281 g/mol. The van der Waals surface area contributed by atoms with Crippen molar-refractivity contribution >= 4 is 0 Å². The Morgan fingerprint density at radius 3 is 2.33 bits per heavy atom. The van der Waals surface area contributed by atoms with Crippen LogP contribution in [0.3, 0.4) is 0 Å². The summed E-state index contributed by atoms with van der Waals surface area (Å²) >= 11 is 0. The maximum absolute atomic E-state index is 8.97. The van der Waals surface area contributed by atoms with Crippen LogP contribution in [0.25, 0.3) is 0 Å². The van der Waals surface area contributed by atoms with Gasteiger partial charge in [0.25, 0.3) is 0 Å². The van der Waals surface area contributed by atoms with E-state index >= 15 is 0 Å². The highest BCUT2D eigenvalue weighted by molar-refractivity contribution is 5.40. The zero-order valence-corrected chi connectivity index (χ0v) is 13.7. The zero-order valence-electron chi connectivity index (χ0n) is 13.7. The molecule has 3 heteroatoms. The van der Waals surface area contributed by atoms with Crippen molar-refractivity contribution in [2.24, 2.45) is 0 Å². The molecule has 0 fully saturated rings. The van der Waals surface area contributed by atoms with E-state index in [0.29, 0.717) is 5.56 Å². The topological polar surface area (TPSA) is 49.6 Å². The second kappa shape index (κ2) is 7.54. The van der Waals surface area contributed by atoms with Crippen LogP contribution in [0.5, 0.6) is 0 Å². The highest BCUT2D eigenvalue weighted by Gasteiger charge is 2.16. The van der Waals surface area contributed by atoms with Crippen LogP contribution in [0.15, 0.2) is 24.3 Å². The van der Waals surface area contributed by atoms with Gasteiger partial charge < -0.3 is 0 Å². The SMILES string of the molecule is CC.Cc1nnc(C(C)c2cccc(C#N)c2)c(C)c1C. The summed E-state index contributed by atoms with van der Waals surface area (Å²) in [6, 6.07) is 9.85. The van der Waals surface area contributed by atoms with E-state index < -0.39 is 0 Å². The maximum Gasteiger partial charge on any atom is 0.0991 e. The zero-order chi connectivity index (χ0) is 16.0. The molecule has 0 bridgehead atoms. The number of nitriles is 1. The van der Waals surface area contributed by atoms with Gasteiger partial charge >= 0.3 is 0 Å². The molecule has 2 rings (SSSR count). The fraction of sp³-hybridized carbons (Fsp3) is 0.389. The van der Waals surface area contributed by atoms with E-state index in [0.717, 1.165) is 17.0 Å². The Balaban J connectivity index is 0.00000106. The molecule has 0 spiro atoms. The Morgan fingerprint density at radius 2 is 1.71 bits per heavy atom. The molecule has 110 valence electrons. The van der Waals surface area contributed by atoms with E-state index in [-0.39, 0.29) is 5.92 Å². The molecule has 0 aliphatic heterocycles. The molecule has 0 saturated carbocycles. The molecular formula is C18H23N3. The molecule has 1 aromatic heterocycles. The summed E-state index contributed by atoms with van der Waals surface area (Å²) in [5, 5.41) is 17.5. The predicted octanol–water partition coefficient (Wildman–Crippen LogP) is 4.45. The van der Waals surface area contributed by atoms with Crippen molar-refractivity contribution in [2.75, 3.05) is 0 Å². The van der Waals surface area contributed by atoms with Crippen molar-refractivity contribution < 1.29 is 0 Å². The number of benzene rings is 1. The maximum atomic E-state index is 8.97. The molecule has 2 aromatic rings. The molecule has 0 amide bonds. The second-order valence-electron chi connectivity index (χ2n) is 4.88. The molecule has 21 heavy (non-hydrogen) atoms. The van der Waals surface area contributed by atoms with Gasteiger partial charge in [-0.25, -0.2) is 0 Å². The van der Waals surface area contributed by atoms with Crippen molar-refractivity contribution in [2.45, 2.75) is 47.5 Å². The van der Waals surface area contributed by atoms with E-state index in [1.54, 1.807) is 0 Å². The van der Waals surface area contributed by atoms with Crippen LogP contribution in [0.2, 0.25) is 0 Å². The van der Waals surface area contributed by atoms with Gasteiger partial charge in [0.15, 0.2) is 0 Å². The van der Waals surface area contributed by atoms with Gasteiger partial charge in [0.2, 0.25) is 0 Å². The lowest BCUT2D eigenvalue weighted by Gasteiger charge is -2.16. The first kappa shape index (κ1) is 16.8. The first-order chi connectivity index (χ1) is 10.0. The third-order valence-electron chi connectivity index (χ3n) is 3.72. The number of rotatable bonds is 2. The van der Waals surface area contributed by atoms with Gasteiger partial charge in [-0.1, -0.05) is 32.9 Å². The van der Waals surface area contributed by atoms with Crippen LogP contribution < -0.4 is 0 Å². The molecule has 1 aromatic carbocycles. The second-order valence-corrected chi connectivity index (χ2v) is 4.88. The van der Waals surface area contributed by atoms with Crippen molar-refractivity contribution in [1.82, 2.24) is 10.2 Å². The Bertz CT molecular complexity index is 654.